The summed E-state index contributed by atoms with van der Waals surface area (Å²) >= 11 is 1.39. The average Bonchev–Trinajstić information content (AvgIpc) is 2.65. The lowest BCUT2D eigenvalue weighted by molar-refractivity contribution is 0.0949. The Morgan fingerprint density at radius 3 is 3.23 bits per heavy atom. The lowest BCUT2D eigenvalue weighted by atomic mass is 10.3. The van der Waals surface area contributed by atoms with Crippen LogP contribution in [0.3, 0.4) is 0 Å². The van der Waals surface area contributed by atoms with E-state index in [9.17, 15) is 4.79 Å². The molecule has 5 heteroatoms. The second-order valence-electron chi connectivity index (χ2n) is 2.39. The Labute approximate surface area is 80.2 Å². The molecular weight excluding hydrogens is 186 g/mol. The molecule has 0 radical (unpaired) electrons. The zero-order chi connectivity index (χ0) is 9.52. The first-order chi connectivity index (χ1) is 6.34. The molecule has 0 spiro atoms. The van der Waals surface area contributed by atoms with E-state index >= 15 is 0 Å². The van der Waals surface area contributed by atoms with Gasteiger partial charge in [0, 0.05) is 18.3 Å². The van der Waals surface area contributed by atoms with Crippen molar-refractivity contribution in [3.05, 3.63) is 16.6 Å². The fourth-order valence-corrected chi connectivity index (χ4v) is 1.32. The molecule has 68 valence electrons. The number of thiazole rings is 1. The molecule has 0 aliphatic carbocycles. The Bertz CT molecular complexity index is 302. The predicted octanol–water partition coefficient (Wildman–Crippen LogP) is 1.18. The monoisotopic (exact) mass is 195 g/mol. The number of hydrogen-bond donors (Lipinski definition) is 1. The van der Waals surface area contributed by atoms with Gasteiger partial charge in [0.05, 0.1) is 11.6 Å². The van der Waals surface area contributed by atoms with Gasteiger partial charge in [-0.15, -0.1) is 11.3 Å². The van der Waals surface area contributed by atoms with Crippen molar-refractivity contribution in [2.24, 2.45) is 0 Å². The second-order valence-corrected chi connectivity index (χ2v) is 3.11. The highest BCUT2D eigenvalue weighted by Crippen LogP contribution is 2.00. The summed E-state index contributed by atoms with van der Waals surface area (Å²) in [6.45, 7) is 0.532. The summed E-state index contributed by atoms with van der Waals surface area (Å²) in [5, 5.41) is 12.6. The lowest BCUT2D eigenvalue weighted by Crippen LogP contribution is -2.24. The van der Waals surface area contributed by atoms with Crippen LogP contribution in [0.25, 0.3) is 0 Å². The Hall–Kier alpha value is -1.41. The topological polar surface area (TPSA) is 65.8 Å². The maximum Gasteiger partial charge on any atom is 0.270 e. The van der Waals surface area contributed by atoms with Gasteiger partial charge in [0.15, 0.2) is 0 Å². The SMILES string of the molecule is N#CCCCNC(=O)c1cscn1. The Balaban J connectivity index is 2.24. The Kier molecular flexibility index (Phi) is 3.93. The van der Waals surface area contributed by atoms with Crippen molar-refractivity contribution < 1.29 is 4.79 Å². The molecule has 0 fully saturated rings. The zero-order valence-electron chi connectivity index (χ0n) is 6.99. The number of nitrogens with zero attached hydrogens (tertiary/aromatic N) is 2. The summed E-state index contributed by atoms with van der Waals surface area (Å²) in [6.07, 6.45) is 1.16. The van der Waals surface area contributed by atoms with E-state index < -0.39 is 0 Å². The van der Waals surface area contributed by atoms with E-state index in [-0.39, 0.29) is 5.91 Å². The van der Waals surface area contributed by atoms with Crippen LogP contribution in [0.5, 0.6) is 0 Å². The number of amides is 1. The number of rotatable bonds is 4. The van der Waals surface area contributed by atoms with Gasteiger partial charge in [0.25, 0.3) is 5.91 Å². The van der Waals surface area contributed by atoms with E-state index in [2.05, 4.69) is 10.3 Å². The standard InChI is InChI=1S/C8H9N3OS/c9-3-1-2-4-10-8(12)7-5-13-6-11-7/h5-6H,1-2,4H2,(H,10,12). The quantitative estimate of drug-likeness (QED) is 0.733. The van der Waals surface area contributed by atoms with Crippen LogP contribution >= 0.6 is 11.3 Å². The zero-order valence-corrected chi connectivity index (χ0v) is 7.80. The minimum Gasteiger partial charge on any atom is -0.351 e. The molecule has 0 bridgehead atoms. The molecule has 0 unspecified atom stereocenters. The van der Waals surface area contributed by atoms with Crippen LogP contribution in [0.15, 0.2) is 10.9 Å². The van der Waals surface area contributed by atoms with Crippen molar-refractivity contribution in [3.63, 3.8) is 0 Å². The van der Waals surface area contributed by atoms with Crippen LogP contribution < -0.4 is 5.32 Å². The lowest BCUT2D eigenvalue weighted by Gasteiger charge is -1.99. The van der Waals surface area contributed by atoms with Gasteiger partial charge in [0.2, 0.25) is 0 Å². The fraction of sp³-hybridized carbons (Fsp3) is 0.375. The molecule has 1 rings (SSSR count). The summed E-state index contributed by atoms with van der Waals surface area (Å²) in [7, 11) is 0. The van der Waals surface area contributed by atoms with Gasteiger partial charge in [0.1, 0.15) is 5.69 Å². The smallest absolute Gasteiger partial charge is 0.270 e. The summed E-state index contributed by atoms with van der Waals surface area (Å²) in [6, 6.07) is 2.01. The normalized spacial score (nSPS) is 9.15. The maximum atomic E-state index is 11.2. The van der Waals surface area contributed by atoms with E-state index in [0.717, 1.165) is 0 Å². The van der Waals surface area contributed by atoms with Crippen molar-refractivity contribution >= 4 is 17.2 Å². The molecule has 0 aliphatic heterocycles. The summed E-state index contributed by atoms with van der Waals surface area (Å²) in [5.41, 5.74) is 2.06. The molecule has 13 heavy (non-hydrogen) atoms. The van der Waals surface area contributed by atoms with Crippen molar-refractivity contribution in [2.75, 3.05) is 6.54 Å². The van der Waals surface area contributed by atoms with Crippen molar-refractivity contribution in [1.82, 2.24) is 10.3 Å². The minimum absolute atomic E-state index is 0.167. The average molecular weight is 195 g/mol. The molecule has 1 amide bonds. The second kappa shape index (κ2) is 5.27. The van der Waals surface area contributed by atoms with Gasteiger partial charge in [-0.3, -0.25) is 4.79 Å². The van der Waals surface area contributed by atoms with Gasteiger partial charge >= 0.3 is 0 Å². The predicted molar refractivity (Wildman–Crippen MR) is 49.3 cm³/mol. The first-order valence-corrected chi connectivity index (χ1v) is 4.82. The van der Waals surface area contributed by atoms with Crippen LogP contribution in [0.1, 0.15) is 23.3 Å². The molecule has 4 nitrogen and oxygen atoms in total. The summed E-state index contributed by atoms with van der Waals surface area (Å²) in [5.74, 6) is -0.167. The van der Waals surface area contributed by atoms with Crippen LogP contribution in [0.2, 0.25) is 0 Å². The molecule has 0 saturated carbocycles. The molecular formula is C8H9N3OS. The number of unbranched alkanes of at least 4 members (excludes halogenated alkanes) is 1. The molecule has 0 aromatic carbocycles. The van der Waals surface area contributed by atoms with Gasteiger partial charge in [-0.05, 0) is 6.42 Å². The van der Waals surface area contributed by atoms with E-state index in [1.807, 2.05) is 6.07 Å². The Morgan fingerprint density at radius 1 is 1.77 bits per heavy atom. The number of carbonyl (C=O) groups is 1. The largest absolute Gasteiger partial charge is 0.351 e. The fourth-order valence-electron chi connectivity index (χ4n) is 0.785. The molecule has 1 aromatic rings. The van der Waals surface area contributed by atoms with Gasteiger partial charge in [-0.1, -0.05) is 0 Å². The molecule has 1 aromatic heterocycles. The number of nitriles is 1. The number of hydrogen-bond acceptors (Lipinski definition) is 4. The van der Waals surface area contributed by atoms with E-state index in [0.29, 0.717) is 25.1 Å². The minimum atomic E-state index is -0.167. The van der Waals surface area contributed by atoms with Crippen molar-refractivity contribution in [3.8, 4) is 6.07 Å². The molecule has 0 saturated heterocycles. The third-order valence-electron chi connectivity index (χ3n) is 1.42. The molecule has 1 N–H and O–H groups in total. The number of aromatic nitrogens is 1. The first-order valence-electron chi connectivity index (χ1n) is 3.88. The number of nitrogens with one attached hydrogen (secondary N) is 1. The van der Waals surface area contributed by atoms with Gasteiger partial charge in [-0.25, -0.2) is 4.98 Å². The molecule has 0 atom stereocenters. The van der Waals surface area contributed by atoms with Crippen molar-refractivity contribution in [2.45, 2.75) is 12.8 Å². The van der Waals surface area contributed by atoms with E-state index in [4.69, 9.17) is 5.26 Å². The van der Waals surface area contributed by atoms with E-state index in [1.165, 1.54) is 11.3 Å². The maximum absolute atomic E-state index is 11.2. The van der Waals surface area contributed by atoms with Gasteiger partial charge in [-0.2, -0.15) is 5.26 Å². The van der Waals surface area contributed by atoms with Crippen LogP contribution in [-0.4, -0.2) is 17.4 Å². The Morgan fingerprint density at radius 2 is 2.62 bits per heavy atom. The van der Waals surface area contributed by atoms with Crippen LogP contribution in [0.4, 0.5) is 0 Å². The van der Waals surface area contributed by atoms with Gasteiger partial charge < -0.3 is 5.32 Å². The molecule has 0 aliphatic rings. The first kappa shape index (κ1) is 9.68. The highest BCUT2D eigenvalue weighted by molar-refractivity contribution is 7.07. The third kappa shape index (κ3) is 3.22. The van der Waals surface area contributed by atoms with E-state index in [1.54, 1.807) is 10.9 Å². The highest BCUT2D eigenvalue weighted by Gasteiger charge is 2.05. The highest BCUT2D eigenvalue weighted by atomic mass is 32.1. The van der Waals surface area contributed by atoms with Crippen molar-refractivity contribution in [1.29, 1.82) is 5.26 Å². The van der Waals surface area contributed by atoms with Crippen LogP contribution in [-0.2, 0) is 0 Å². The van der Waals surface area contributed by atoms with Crippen LogP contribution in [0, 0.1) is 11.3 Å². The number of carbonyl (C=O) groups excluding carboxylic acids is 1. The summed E-state index contributed by atoms with van der Waals surface area (Å²) in [4.78, 5) is 15.1. The third-order valence-corrected chi connectivity index (χ3v) is 2.00. The summed E-state index contributed by atoms with van der Waals surface area (Å²) < 4.78 is 0. The molecule has 1 heterocycles.